The molecule has 1 saturated heterocycles. The highest BCUT2D eigenvalue weighted by atomic mass is 16.5. The fraction of sp³-hybridized carbons (Fsp3) is 0.231. The van der Waals surface area contributed by atoms with Gasteiger partial charge in [-0.2, -0.15) is 0 Å². The van der Waals surface area contributed by atoms with Crippen molar-refractivity contribution in [3.63, 3.8) is 0 Å². The molecule has 0 bridgehead atoms. The van der Waals surface area contributed by atoms with E-state index in [0.29, 0.717) is 0 Å². The van der Waals surface area contributed by atoms with Crippen LogP contribution >= 0.6 is 0 Å². The third kappa shape index (κ3) is 3.99. The Bertz CT molecular complexity index is 1120. The van der Waals surface area contributed by atoms with Crippen molar-refractivity contribution in [2.45, 2.75) is 25.7 Å². The molecule has 1 fully saturated rings. The highest BCUT2D eigenvalue weighted by Gasteiger charge is 2.17. The molecule has 1 aliphatic heterocycles. The maximum absolute atomic E-state index is 5.92. The van der Waals surface area contributed by atoms with Crippen LogP contribution in [0.25, 0.3) is 22.3 Å². The molecule has 3 aromatic carbocycles. The quantitative estimate of drug-likeness (QED) is 0.397. The molecule has 4 nitrogen and oxygen atoms in total. The van der Waals surface area contributed by atoms with Gasteiger partial charge in [0.25, 0.3) is 0 Å². The highest BCUT2D eigenvalue weighted by molar-refractivity contribution is 5.91. The Morgan fingerprint density at radius 2 is 1.30 bits per heavy atom. The standard InChI is InChI=1S/C26H25N3O/c1-2-9-19-29(18-8-1)26-23-12-6-7-13-24(23)27-25(28-26)20-14-16-22(17-15-20)30-21-10-4-3-5-11-21/h3-7,10-17H,1-2,8-9,18-19H2. The summed E-state index contributed by atoms with van der Waals surface area (Å²) in [6.07, 6.45) is 5.04. The summed E-state index contributed by atoms with van der Waals surface area (Å²) in [5.74, 6) is 3.45. The molecular weight excluding hydrogens is 370 g/mol. The average Bonchev–Trinajstić information content (AvgIpc) is 3.09. The van der Waals surface area contributed by atoms with Crippen molar-refractivity contribution in [1.82, 2.24) is 9.97 Å². The van der Waals surface area contributed by atoms with Gasteiger partial charge in [-0.05, 0) is 61.4 Å². The van der Waals surface area contributed by atoms with Gasteiger partial charge in [0, 0.05) is 24.0 Å². The largest absolute Gasteiger partial charge is 0.457 e. The third-order valence-corrected chi connectivity index (χ3v) is 5.58. The number of benzene rings is 3. The normalized spacial score (nSPS) is 14.5. The summed E-state index contributed by atoms with van der Waals surface area (Å²) < 4.78 is 5.92. The van der Waals surface area contributed by atoms with E-state index in [1.165, 1.54) is 25.7 Å². The van der Waals surface area contributed by atoms with E-state index in [1.54, 1.807) is 0 Å². The van der Waals surface area contributed by atoms with Gasteiger partial charge < -0.3 is 9.64 Å². The first-order valence-electron chi connectivity index (χ1n) is 10.7. The fourth-order valence-corrected chi connectivity index (χ4v) is 4.01. The highest BCUT2D eigenvalue weighted by Crippen LogP contribution is 2.30. The van der Waals surface area contributed by atoms with Crippen molar-refractivity contribution in [3.8, 4) is 22.9 Å². The van der Waals surface area contributed by atoms with E-state index in [2.05, 4.69) is 23.1 Å². The summed E-state index contributed by atoms with van der Waals surface area (Å²) in [4.78, 5) is 12.3. The molecule has 150 valence electrons. The van der Waals surface area contributed by atoms with Crippen LogP contribution in [-0.4, -0.2) is 23.1 Å². The van der Waals surface area contributed by atoms with Crippen LogP contribution in [0.2, 0.25) is 0 Å². The second-order valence-electron chi connectivity index (χ2n) is 7.73. The monoisotopic (exact) mass is 395 g/mol. The summed E-state index contributed by atoms with van der Waals surface area (Å²) in [6.45, 7) is 2.12. The Balaban J connectivity index is 1.49. The van der Waals surface area contributed by atoms with Crippen molar-refractivity contribution in [3.05, 3.63) is 78.9 Å². The Kier molecular flexibility index (Phi) is 5.30. The molecule has 0 aliphatic carbocycles. The van der Waals surface area contributed by atoms with Crippen molar-refractivity contribution in [2.75, 3.05) is 18.0 Å². The first kappa shape index (κ1) is 18.6. The lowest BCUT2D eigenvalue weighted by Gasteiger charge is -2.23. The topological polar surface area (TPSA) is 38.2 Å². The molecule has 0 atom stereocenters. The van der Waals surface area contributed by atoms with Crippen molar-refractivity contribution >= 4 is 16.7 Å². The minimum absolute atomic E-state index is 0.763. The van der Waals surface area contributed by atoms with Gasteiger partial charge in [0.05, 0.1) is 5.52 Å². The van der Waals surface area contributed by atoms with E-state index in [4.69, 9.17) is 14.7 Å². The van der Waals surface area contributed by atoms with Gasteiger partial charge in [0.1, 0.15) is 17.3 Å². The summed E-state index contributed by atoms with van der Waals surface area (Å²) in [5, 5.41) is 1.13. The Hall–Kier alpha value is -3.40. The second-order valence-corrected chi connectivity index (χ2v) is 7.73. The first-order valence-corrected chi connectivity index (χ1v) is 10.7. The zero-order valence-corrected chi connectivity index (χ0v) is 17.0. The molecule has 5 rings (SSSR count). The number of anilines is 1. The lowest BCUT2D eigenvalue weighted by atomic mass is 10.1. The SMILES string of the molecule is c1ccc(Oc2ccc(-c3nc(N4CCCCCC4)c4ccccc4n3)cc2)cc1. The van der Waals surface area contributed by atoms with Gasteiger partial charge >= 0.3 is 0 Å². The van der Waals surface area contributed by atoms with Gasteiger partial charge in [-0.3, -0.25) is 0 Å². The summed E-state index contributed by atoms with van der Waals surface area (Å²) in [6, 6.07) is 26.2. The van der Waals surface area contributed by atoms with Gasteiger partial charge in [0.2, 0.25) is 0 Å². The fourth-order valence-electron chi connectivity index (χ4n) is 4.01. The van der Waals surface area contributed by atoms with Crippen LogP contribution in [0.3, 0.4) is 0 Å². The molecule has 0 radical (unpaired) electrons. The number of hydrogen-bond acceptors (Lipinski definition) is 4. The van der Waals surface area contributed by atoms with Crippen LogP contribution in [0.1, 0.15) is 25.7 Å². The molecule has 1 aromatic heterocycles. The average molecular weight is 396 g/mol. The minimum atomic E-state index is 0.763. The lowest BCUT2D eigenvalue weighted by Crippen LogP contribution is -2.25. The lowest BCUT2D eigenvalue weighted by molar-refractivity contribution is 0.483. The molecule has 4 aromatic rings. The minimum Gasteiger partial charge on any atom is -0.457 e. The molecule has 4 heteroatoms. The molecule has 0 spiro atoms. The van der Waals surface area contributed by atoms with E-state index in [1.807, 2.05) is 60.7 Å². The predicted octanol–water partition coefficient (Wildman–Crippen LogP) is 6.47. The van der Waals surface area contributed by atoms with Gasteiger partial charge in [-0.25, -0.2) is 9.97 Å². The summed E-state index contributed by atoms with van der Waals surface area (Å²) in [5.41, 5.74) is 1.99. The van der Waals surface area contributed by atoms with E-state index < -0.39 is 0 Å². The van der Waals surface area contributed by atoms with Crippen LogP contribution < -0.4 is 9.64 Å². The van der Waals surface area contributed by atoms with Crippen LogP contribution in [0.5, 0.6) is 11.5 Å². The van der Waals surface area contributed by atoms with E-state index in [-0.39, 0.29) is 0 Å². The first-order chi connectivity index (χ1) is 14.9. The van der Waals surface area contributed by atoms with Crippen LogP contribution in [0, 0.1) is 0 Å². The maximum Gasteiger partial charge on any atom is 0.162 e. The molecule has 1 aliphatic rings. The number of aromatic nitrogens is 2. The van der Waals surface area contributed by atoms with Crippen molar-refractivity contribution in [1.29, 1.82) is 0 Å². The molecular formula is C26H25N3O. The zero-order valence-electron chi connectivity index (χ0n) is 17.0. The van der Waals surface area contributed by atoms with Crippen LogP contribution in [0.15, 0.2) is 78.9 Å². The number of fused-ring (bicyclic) bond motifs is 1. The summed E-state index contributed by atoms with van der Waals surface area (Å²) in [7, 11) is 0. The van der Waals surface area contributed by atoms with E-state index in [0.717, 1.165) is 52.7 Å². The smallest absolute Gasteiger partial charge is 0.162 e. The summed E-state index contributed by atoms with van der Waals surface area (Å²) >= 11 is 0. The Labute approximate surface area is 177 Å². The maximum atomic E-state index is 5.92. The molecule has 0 unspecified atom stereocenters. The molecule has 2 heterocycles. The predicted molar refractivity (Wildman–Crippen MR) is 122 cm³/mol. The number of hydrogen-bond donors (Lipinski definition) is 0. The van der Waals surface area contributed by atoms with E-state index >= 15 is 0 Å². The number of rotatable bonds is 4. The Morgan fingerprint density at radius 3 is 2.07 bits per heavy atom. The van der Waals surface area contributed by atoms with Crippen molar-refractivity contribution in [2.24, 2.45) is 0 Å². The van der Waals surface area contributed by atoms with Crippen LogP contribution in [-0.2, 0) is 0 Å². The molecule has 0 saturated carbocycles. The second kappa shape index (κ2) is 8.54. The van der Waals surface area contributed by atoms with E-state index in [9.17, 15) is 0 Å². The van der Waals surface area contributed by atoms with Gasteiger partial charge in [0.15, 0.2) is 5.82 Å². The number of ether oxygens (including phenoxy) is 1. The molecule has 0 amide bonds. The van der Waals surface area contributed by atoms with Crippen LogP contribution in [0.4, 0.5) is 5.82 Å². The third-order valence-electron chi connectivity index (χ3n) is 5.58. The van der Waals surface area contributed by atoms with Gasteiger partial charge in [-0.1, -0.05) is 43.2 Å². The molecule has 30 heavy (non-hydrogen) atoms. The number of nitrogens with zero attached hydrogens (tertiary/aromatic N) is 3. The Morgan fingerprint density at radius 1 is 0.633 bits per heavy atom. The van der Waals surface area contributed by atoms with Crippen molar-refractivity contribution < 1.29 is 4.74 Å². The number of para-hydroxylation sites is 2. The zero-order chi connectivity index (χ0) is 20.2. The molecule has 0 N–H and O–H groups in total. The van der Waals surface area contributed by atoms with Gasteiger partial charge in [-0.15, -0.1) is 0 Å².